The van der Waals surface area contributed by atoms with Gasteiger partial charge >= 0.3 is 0 Å². The summed E-state index contributed by atoms with van der Waals surface area (Å²) in [4.78, 5) is 26.1. The van der Waals surface area contributed by atoms with Crippen molar-refractivity contribution in [1.29, 1.82) is 0 Å². The van der Waals surface area contributed by atoms with Gasteiger partial charge in [-0.2, -0.15) is 0 Å². The van der Waals surface area contributed by atoms with Crippen LogP contribution >= 0.6 is 11.6 Å². The maximum atomic E-state index is 13.2. The Morgan fingerprint density at radius 2 is 1.63 bits per heavy atom. The zero-order valence-corrected chi connectivity index (χ0v) is 20.7. The van der Waals surface area contributed by atoms with E-state index >= 15 is 0 Å². The Bertz CT molecular complexity index is 1340. The van der Waals surface area contributed by atoms with Crippen molar-refractivity contribution in [3.63, 3.8) is 0 Å². The molecule has 3 aromatic rings. The summed E-state index contributed by atoms with van der Waals surface area (Å²) in [6, 6.07) is 13.2. The van der Waals surface area contributed by atoms with E-state index in [4.69, 9.17) is 30.5 Å². The highest BCUT2D eigenvalue weighted by atomic mass is 35.5. The number of carbonyl (C=O) groups excluding carboxylic acids is 1. The summed E-state index contributed by atoms with van der Waals surface area (Å²) < 4.78 is 22.2. The minimum absolute atomic E-state index is 0.190. The molecule has 182 valence electrons. The van der Waals surface area contributed by atoms with Crippen molar-refractivity contribution >= 4 is 17.5 Å². The SMILES string of the molecule is COc1cc2c(c(OC)c1OC)-c1ccc(OC)c(=O)cc1[C@@H](NC(=O)c1ccccc1Cl)CC2. The van der Waals surface area contributed by atoms with Gasteiger partial charge in [-0.1, -0.05) is 29.8 Å². The second kappa shape index (κ2) is 10.3. The standard InChI is InChI=1S/C27H26ClNO6/c1-32-22-12-10-16-18(14-21(22)30)20(29-27(31)17-7-5-6-8-19(17)28)11-9-15-13-23(33-2)25(34-3)26(35-4)24(15)16/h5-8,10,12-14,20H,9,11H2,1-4H3,(H,29,31)/t20-/m0/s1. The first-order valence-electron chi connectivity index (χ1n) is 11.0. The summed E-state index contributed by atoms with van der Waals surface area (Å²) in [5.41, 5.74) is 3.13. The van der Waals surface area contributed by atoms with Crippen LogP contribution in [0.3, 0.4) is 0 Å². The van der Waals surface area contributed by atoms with Gasteiger partial charge in [0.05, 0.1) is 45.1 Å². The minimum Gasteiger partial charge on any atom is -0.493 e. The molecule has 0 saturated heterocycles. The third kappa shape index (κ3) is 4.51. The van der Waals surface area contributed by atoms with Crippen LogP contribution < -0.4 is 29.7 Å². The van der Waals surface area contributed by atoms with Crippen LogP contribution in [0.2, 0.25) is 5.02 Å². The molecule has 8 heteroatoms. The summed E-state index contributed by atoms with van der Waals surface area (Å²) in [7, 11) is 6.11. The molecular formula is C27H26ClNO6. The van der Waals surface area contributed by atoms with Crippen molar-refractivity contribution in [3.8, 4) is 34.1 Å². The molecule has 1 N–H and O–H groups in total. The summed E-state index contributed by atoms with van der Waals surface area (Å²) in [6.07, 6.45) is 1.11. The first-order valence-corrected chi connectivity index (χ1v) is 11.4. The summed E-state index contributed by atoms with van der Waals surface area (Å²) in [5, 5.41) is 3.42. The summed E-state index contributed by atoms with van der Waals surface area (Å²) >= 11 is 6.26. The summed E-state index contributed by atoms with van der Waals surface area (Å²) in [5.74, 6) is 1.32. The first-order chi connectivity index (χ1) is 16.9. The van der Waals surface area contributed by atoms with Crippen molar-refractivity contribution in [2.75, 3.05) is 28.4 Å². The smallest absolute Gasteiger partial charge is 0.253 e. The molecule has 35 heavy (non-hydrogen) atoms. The third-order valence-electron chi connectivity index (χ3n) is 6.14. The Morgan fingerprint density at radius 3 is 2.29 bits per heavy atom. The van der Waals surface area contributed by atoms with E-state index in [1.165, 1.54) is 13.2 Å². The molecule has 1 aliphatic rings. The fraction of sp³-hybridized carbons (Fsp3) is 0.259. The number of carbonyl (C=O) groups is 1. The lowest BCUT2D eigenvalue weighted by Crippen LogP contribution is -2.29. The van der Waals surface area contributed by atoms with Crippen LogP contribution in [0.5, 0.6) is 23.0 Å². The largest absolute Gasteiger partial charge is 0.493 e. The van der Waals surface area contributed by atoms with E-state index < -0.39 is 6.04 Å². The fourth-order valence-corrected chi connectivity index (χ4v) is 4.72. The average molecular weight is 496 g/mol. The molecule has 0 aliphatic heterocycles. The fourth-order valence-electron chi connectivity index (χ4n) is 4.50. The van der Waals surface area contributed by atoms with E-state index in [0.29, 0.717) is 46.2 Å². The molecule has 7 nitrogen and oxygen atoms in total. The molecule has 1 atom stereocenters. The molecule has 0 bridgehead atoms. The van der Waals surface area contributed by atoms with Gasteiger partial charge in [-0.05, 0) is 59.9 Å². The predicted octanol–water partition coefficient (Wildman–Crippen LogP) is 4.82. The lowest BCUT2D eigenvalue weighted by molar-refractivity contribution is 0.0935. The van der Waals surface area contributed by atoms with E-state index in [9.17, 15) is 9.59 Å². The highest BCUT2D eigenvalue weighted by Gasteiger charge is 2.30. The number of fused-ring (bicyclic) bond motifs is 3. The van der Waals surface area contributed by atoms with Crippen LogP contribution in [0.25, 0.3) is 11.1 Å². The third-order valence-corrected chi connectivity index (χ3v) is 6.47. The minimum atomic E-state index is -0.479. The lowest BCUT2D eigenvalue weighted by atomic mass is 9.95. The Morgan fingerprint density at radius 1 is 0.914 bits per heavy atom. The number of aryl methyl sites for hydroxylation is 1. The zero-order chi connectivity index (χ0) is 25.1. The number of amides is 1. The van der Waals surface area contributed by atoms with Gasteiger partial charge in [0.2, 0.25) is 11.2 Å². The van der Waals surface area contributed by atoms with Crippen LogP contribution in [0.4, 0.5) is 0 Å². The van der Waals surface area contributed by atoms with E-state index in [-0.39, 0.29) is 17.1 Å². The van der Waals surface area contributed by atoms with E-state index in [1.54, 1.807) is 51.7 Å². The predicted molar refractivity (Wildman–Crippen MR) is 134 cm³/mol. The molecule has 4 rings (SSSR count). The number of ether oxygens (including phenoxy) is 4. The van der Waals surface area contributed by atoms with Gasteiger partial charge in [0.1, 0.15) is 0 Å². The number of benzene rings is 2. The second-order valence-electron chi connectivity index (χ2n) is 8.00. The van der Waals surface area contributed by atoms with Crippen molar-refractivity contribution in [2.24, 2.45) is 0 Å². The van der Waals surface area contributed by atoms with E-state index in [2.05, 4.69) is 5.32 Å². The highest BCUT2D eigenvalue weighted by molar-refractivity contribution is 6.33. The van der Waals surface area contributed by atoms with Crippen molar-refractivity contribution < 1.29 is 23.7 Å². The van der Waals surface area contributed by atoms with Crippen molar-refractivity contribution in [3.05, 3.63) is 80.5 Å². The molecule has 0 spiro atoms. The number of nitrogens with one attached hydrogen (secondary N) is 1. The number of hydrogen-bond acceptors (Lipinski definition) is 6. The molecule has 1 amide bonds. The van der Waals surface area contributed by atoms with Gasteiger partial charge in [0.15, 0.2) is 17.2 Å². The van der Waals surface area contributed by atoms with E-state index in [1.807, 2.05) is 12.1 Å². The second-order valence-corrected chi connectivity index (χ2v) is 8.41. The quantitative estimate of drug-likeness (QED) is 0.528. The maximum absolute atomic E-state index is 13.2. The molecule has 0 fully saturated rings. The van der Waals surface area contributed by atoms with Gasteiger partial charge < -0.3 is 24.3 Å². The van der Waals surface area contributed by atoms with Gasteiger partial charge in [0, 0.05) is 5.56 Å². The Labute approximate surface area is 208 Å². The number of rotatable bonds is 6. The van der Waals surface area contributed by atoms with Gasteiger partial charge in [-0.25, -0.2) is 0 Å². The average Bonchev–Trinajstić information content (AvgIpc) is 3.11. The molecule has 0 radical (unpaired) electrons. The molecule has 0 saturated carbocycles. The zero-order valence-electron chi connectivity index (χ0n) is 19.9. The van der Waals surface area contributed by atoms with Crippen molar-refractivity contribution in [1.82, 2.24) is 5.32 Å². The Hall–Kier alpha value is -3.71. The van der Waals surface area contributed by atoms with E-state index in [0.717, 1.165) is 16.7 Å². The highest BCUT2D eigenvalue weighted by Crippen LogP contribution is 2.50. The Balaban J connectivity index is 1.95. The molecule has 1 aliphatic carbocycles. The number of hydrogen-bond donors (Lipinski definition) is 1. The van der Waals surface area contributed by atoms with Crippen LogP contribution in [0.1, 0.15) is 33.9 Å². The van der Waals surface area contributed by atoms with Crippen LogP contribution in [0, 0.1) is 0 Å². The first kappa shape index (κ1) is 24.4. The van der Waals surface area contributed by atoms with Gasteiger partial charge in [-0.15, -0.1) is 0 Å². The Kier molecular flexibility index (Phi) is 7.17. The molecule has 0 heterocycles. The van der Waals surface area contributed by atoms with Gasteiger partial charge in [-0.3, -0.25) is 9.59 Å². The maximum Gasteiger partial charge on any atom is 0.253 e. The topological polar surface area (TPSA) is 83.1 Å². The molecule has 0 aromatic heterocycles. The molecular weight excluding hydrogens is 470 g/mol. The van der Waals surface area contributed by atoms with Crippen LogP contribution in [-0.4, -0.2) is 34.3 Å². The van der Waals surface area contributed by atoms with Gasteiger partial charge in [0.25, 0.3) is 5.91 Å². The molecule has 0 unspecified atom stereocenters. The summed E-state index contributed by atoms with van der Waals surface area (Å²) in [6.45, 7) is 0. The normalized spacial score (nSPS) is 14.1. The van der Waals surface area contributed by atoms with Crippen LogP contribution in [-0.2, 0) is 6.42 Å². The van der Waals surface area contributed by atoms with Crippen LogP contribution in [0.15, 0.2) is 53.3 Å². The lowest BCUT2D eigenvalue weighted by Gasteiger charge is -2.20. The molecule has 3 aromatic carbocycles. The number of halogens is 1. The van der Waals surface area contributed by atoms with Crippen molar-refractivity contribution in [2.45, 2.75) is 18.9 Å². The number of methoxy groups -OCH3 is 4. The monoisotopic (exact) mass is 495 g/mol.